The Morgan fingerprint density at radius 2 is 2.22 bits per heavy atom. The van der Waals surface area contributed by atoms with Crippen LogP contribution >= 0.6 is 23.4 Å². The normalized spacial score (nSPS) is 30.7. The molecule has 0 aliphatic carbocycles. The Kier molecular flexibility index (Phi) is 5.13. The zero-order valence-electron chi connectivity index (χ0n) is 14.6. The second-order valence-electron chi connectivity index (χ2n) is 6.72. The molecule has 0 N–H and O–H groups in total. The highest BCUT2D eigenvalue weighted by Crippen LogP contribution is 2.44. The summed E-state index contributed by atoms with van der Waals surface area (Å²) in [5, 5.41) is 0.778. The van der Waals surface area contributed by atoms with Crippen molar-refractivity contribution in [3.05, 3.63) is 23.2 Å². The number of hydrogen-bond donors (Lipinski definition) is 0. The second kappa shape index (κ2) is 7.27. The fraction of sp³-hybridized carbons (Fsp3) is 0.529. The molecule has 1 aromatic rings. The van der Waals surface area contributed by atoms with E-state index < -0.39 is 15.9 Å². The first-order valence-electron chi connectivity index (χ1n) is 8.62. The molecule has 0 spiro atoms. The lowest BCUT2D eigenvalue weighted by Gasteiger charge is -2.26. The van der Waals surface area contributed by atoms with Gasteiger partial charge in [0.15, 0.2) is 15.0 Å². The minimum Gasteiger partial charge on any atom is -0.495 e. The van der Waals surface area contributed by atoms with Gasteiger partial charge in [-0.1, -0.05) is 23.4 Å². The van der Waals surface area contributed by atoms with Crippen molar-refractivity contribution >= 4 is 50.0 Å². The van der Waals surface area contributed by atoms with E-state index in [4.69, 9.17) is 21.1 Å². The second-order valence-corrected chi connectivity index (χ2v) is 10.5. The van der Waals surface area contributed by atoms with Crippen molar-refractivity contribution in [2.45, 2.75) is 30.2 Å². The van der Waals surface area contributed by atoms with Crippen LogP contribution in [0.5, 0.6) is 5.75 Å². The molecular weight excluding hydrogens is 412 g/mol. The lowest BCUT2D eigenvalue weighted by molar-refractivity contribution is -0.126. The van der Waals surface area contributed by atoms with Crippen LogP contribution in [0.3, 0.4) is 0 Å². The summed E-state index contributed by atoms with van der Waals surface area (Å²) in [5.74, 6) is 0.286. The lowest BCUT2D eigenvalue weighted by atomic mass is 10.2. The number of sulfone groups is 1. The number of fused-ring (bicyclic) bond motifs is 1. The molecule has 27 heavy (non-hydrogen) atoms. The number of amides is 1. The Bertz CT molecular complexity index is 899. The molecule has 1 aromatic carbocycles. The predicted molar refractivity (Wildman–Crippen MR) is 106 cm³/mol. The van der Waals surface area contributed by atoms with E-state index in [0.29, 0.717) is 34.7 Å². The number of thioether (sulfide) groups is 1. The first kappa shape index (κ1) is 19.0. The smallest absolute Gasteiger partial charge is 0.277 e. The molecular formula is C17H19ClN2O5S2. The summed E-state index contributed by atoms with van der Waals surface area (Å²) in [6, 6.07) is 4.81. The molecule has 3 atom stereocenters. The SMILES string of the molecule is COc1ccc(Cl)cc1N1C(=NC(=O)[C@H]2CCCO2)S[C@@H]2CS(=O)(=O)C[C@@H]21. The van der Waals surface area contributed by atoms with Gasteiger partial charge >= 0.3 is 0 Å². The van der Waals surface area contributed by atoms with Crippen molar-refractivity contribution in [3.63, 3.8) is 0 Å². The van der Waals surface area contributed by atoms with Crippen LogP contribution in [-0.4, -0.2) is 62.1 Å². The van der Waals surface area contributed by atoms with E-state index in [1.807, 2.05) is 0 Å². The Labute approximate surface area is 167 Å². The zero-order chi connectivity index (χ0) is 19.2. The van der Waals surface area contributed by atoms with Gasteiger partial charge in [0.1, 0.15) is 11.9 Å². The summed E-state index contributed by atoms with van der Waals surface area (Å²) in [4.78, 5) is 18.6. The lowest BCUT2D eigenvalue weighted by Crippen LogP contribution is -2.38. The van der Waals surface area contributed by atoms with Crippen LogP contribution in [0.2, 0.25) is 5.02 Å². The molecule has 7 nitrogen and oxygen atoms in total. The summed E-state index contributed by atoms with van der Waals surface area (Å²) in [6.45, 7) is 0.559. The highest BCUT2D eigenvalue weighted by molar-refractivity contribution is 8.16. The van der Waals surface area contributed by atoms with E-state index in [1.54, 1.807) is 23.1 Å². The van der Waals surface area contributed by atoms with Gasteiger partial charge in [-0.2, -0.15) is 4.99 Å². The van der Waals surface area contributed by atoms with Crippen LogP contribution in [0.15, 0.2) is 23.2 Å². The van der Waals surface area contributed by atoms with E-state index in [1.165, 1.54) is 18.9 Å². The first-order valence-corrected chi connectivity index (χ1v) is 11.7. The van der Waals surface area contributed by atoms with Crippen molar-refractivity contribution in [2.75, 3.05) is 30.1 Å². The van der Waals surface area contributed by atoms with Crippen molar-refractivity contribution in [1.82, 2.24) is 0 Å². The number of halogens is 1. The summed E-state index contributed by atoms with van der Waals surface area (Å²) >= 11 is 7.49. The Morgan fingerprint density at radius 1 is 1.41 bits per heavy atom. The van der Waals surface area contributed by atoms with Crippen LogP contribution < -0.4 is 9.64 Å². The molecule has 0 unspecified atom stereocenters. The van der Waals surface area contributed by atoms with Crippen LogP contribution in [0.4, 0.5) is 5.69 Å². The minimum absolute atomic E-state index is 0.00741. The summed E-state index contributed by atoms with van der Waals surface area (Å²) in [7, 11) is -1.61. The van der Waals surface area contributed by atoms with Gasteiger partial charge in [-0.25, -0.2) is 8.42 Å². The van der Waals surface area contributed by atoms with Gasteiger partial charge in [0, 0.05) is 16.9 Å². The van der Waals surface area contributed by atoms with Gasteiger partial charge in [0.05, 0.1) is 30.3 Å². The largest absolute Gasteiger partial charge is 0.495 e. The topological polar surface area (TPSA) is 85.3 Å². The third kappa shape index (κ3) is 3.70. The molecule has 3 saturated heterocycles. The van der Waals surface area contributed by atoms with E-state index in [0.717, 1.165) is 6.42 Å². The number of carbonyl (C=O) groups excluding carboxylic acids is 1. The first-order chi connectivity index (χ1) is 12.9. The highest BCUT2D eigenvalue weighted by atomic mass is 35.5. The number of benzene rings is 1. The maximum atomic E-state index is 12.5. The van der Waals surface area contributed by atoms with E-state index in [-0.39, 0.29) is 28.7 Å². The van der Waals surface area contributed by atoms with Crippen molar-refractivity contribution in [2.24, 2.45) is 4.99 Å². The van der Waals surface area contributed by atoms with Gasteiger partial charge in [-0.05, 0) is 31.0 Å². The number of carbonyl (C=O) groups is 1. The Balaban J connectivity index is 1.75. The van der Waals surface area contributed by atoms with Crippen LogP contribution in [0.25, 0.3) is 0 Å². The minimum atomic E-state index is -3.14. The zero-order valence-corrected chi connectivity index (χ0v) is 17.0. The molecule has 3 aliphatic rings. The summed E-state index contributed by atoms with van der Waals surface area (Å²) < 4.78 is 35.2. The molecule has 0 aromatic heterocycles. The van der Waals surface area contributed by atoms with E-state index >= 15 is 0 Å². The van der Waals surface area contributed by atoms with Crippen LogP contribution in [0, 0.1) is 0 Å². The van der Waals surface area contributed by atoms with Crippen molar-refractivity contribution < 1.29 is 22.7 Å². The van der Waals surface area contributed by atoms with E-state index in [9.17, 15) is 13.2 Å². The summed E-state index contributed by atoms with van der Waals surface area (Å²) in [5.41, 5.74) is 0.612. The molecule has 146 valence electrons. The molecule has 3 fully saturated rings. The number of aliphatic imine (C=N–C) groups is 1. The van der Waals surface area contributed by atoms with Crippen molar-refractivity contribution in [1.29, 1.82) is 0 Å². The van der Waals surface area contributed by atoms with Crippen LogP contribution in [0.1, 0.15) is 12.8 Å². The van der Waals surface area contributed by atoms with Gasteiger partial charge in [0.25, 0.3) is 5.91 Å². The standard InChI is InChI=1S/C17H19ClN2O5S2/c1-24-13-5-4-10(18)7-11(13)20-12-8-27(22,23)9-15(12)26-17(20)19-16(21)14-3-2-6-25-14/h4-5,7,12,14-15H,2-3,6,8-9H2,1H3/t12-,14+,15+/m0/s1. The quantitative estimate of drug-likeness (QED) is 0.726. The van der Waals surface area contributed by atoms with Crippen molar-refractivity contribution in [3.8, 4) is 5.75 Å². The number of methoxy groups -OCH3 is 1. The average Bonchev–Trinajstić information content (AvgIpc) is 3.29. The average molecular weight is 431 g/mol. The fourth-order valence-corrected chi connectivity index (χ4v) is 7.71. The van der Waals surface area contributed by atoms with Gasteiger partial charge < -0.3 is 14.4 Å². The maximum Gasteiger partial charge on any atom is 0.277 e. The molecule has 0 saturated carbocycles. The van der Waals surface area contributed by atoms with E-state index in [2.05, 4.69) is 4.99 Å². The number of rotatable bonds is 3. The number of nitrogens with zero attached hydrogens (tertiary/aromatic N) is 2. The molecule has 0 bridgehead atoms. The third-order valence-corrected chi connectivity index (χ3v) is 8.32. The van der Waals surface area contributed by atoms with Gasteiger partial charge in [-0.3, -0.25) is 4.79 Å². The summed E-state index contributed by atoms with van der Waals surface area (Å²) in [6.07, 6.45) is 0.969. The monoisotopic (exact) mass is 430 g/mol. The highest BCUT2D eigenvalue weighted by Gasteiger charge is 2.50. The van der Waals surface area contributed by atoms with Gasteiger partial charge in [0.2, 0.25) is 0 Å². The van der Waals surface area contributed by atoms with Gasteiger partial charge in [-0.15, -0.1) is 0 Å². The molecule has 10 heteroatoms. The molecule has 4 rings (SSSR count). The fourth-order valence-electron chi connectivity index (χ4n) is 3.64. The Hall–Kier alpha value is -1.29. The number of ether oxygens (including phenoxy) is 2. The van der Waals surface area contributed by atoms with Crippen LogP contribution in [-0.2, 0) is 19.4 Å². The number of anilines is 1. The number of hydrogen-bond acceptors (Lipinski definition) is 6. The molecule has 3 aliphatic heterocycles. The molecule has 1 amide bonds. The molecule has 3 heterocycles. The predicted octanol–water partition coefficient (Wildman–Crippen LogP) is 2.13. The third-order valence-electron chi connectivity index (χ3n) is 4.88. The number of amidine groups is 1. The maximum absolute atomic E-state index is 12.5. The Morgan fingerprint density at radius 3 is 2.93 bits per heavy atom. The molecule has 0 radical (unpaired) electrons.